The number of benzene rings is 2. The first-order valence-electron chi connectivity index (χ1n) is 5.05. The molecule has 0 aliphatic carbocycles. The number of Topliss-reactive ketones (excluding diaryl/α,β-unsaturated/α-hetero) is 1. The van der Waals surface area contributed by atoms with E-state index in [1.54, 1.807) is 24.3 Å². The third kappa shape index (κ3) is 2.11. The van der Waals surface area contributed by atoms with Gasteiger partial charge in [0.2, 0.25) is 0 Å². The van der Waals surface area contributed by atoms with Crippen LogP contribution in [0, 0.1) is 0 Å². The predicted molar refractivity (Wildman–Crippen MR) is 61.3 cm³/mol. The first kappa shape index (κ1) is 10.4. The molecule has 0 amide bonds. The van der Waals surface area contributed by atoms with Crippen LogP contribution in [0.5, 0.6) is 5.75 Å². The molecule has 0 spiro atoms. The van der Waals surface area contributed by atoms with Crippen molar-refractivity contribution in [3.8, 4) is 16.9 Å². The topological polar surface area (TPSA) is 40.1 Å². The molecular weight excluding hydrogens is 200 g/mol. The molecule has 2 rings (SSSR count). The van der Waals surface area contributed by atoms with Crippen LogP contribution in [0.2, 0.25) is 0 Å². The van der Waals surface area contributed by atoms with E-state index in [1.165, 1.54) is 13.0 Å². The van der Waals surface area contributed by atoms with Gasteiger partial charge in [0.25, 0.3) is 0 Å². The molecule has 0 aliphatic rings. The predicted octanol–water partition coefficient (Wildman–Crippen LogP) is 2.63. The zero-order valence-corrected chi connectivity index (χ0v) is 8.94. The molecule has 0 aliphatic heterocycles. The maximum atomic E-state index is 11.2. The highest BCUT2D eigenvalue weighted by atomic mass is 16.3. The second-order valence-corrected chi connectivity index (χ2v) is 3.66. The van der Waals surface area contributed by atoms with Gasteiger partial charge in [-0.15, -0.1) is 5.75 Å². The molecule has 0 bridgehead atoms. The summed E-state index contributed by atoms with van der Waals surface area (Å²) in [6.45, 7) is 1.53. The summed E-state index contributed by atoms with van der Waals surface area (Å²) in [4.78, 5) is 11.1. The van der Waals surface area contributed by atoms with Crippen molar-refractivity contribution in [1.29, 1.82) is 0 Å². The van der Waals surface area contributed by atoms with E-state index in [2.05, 4.69) is 0 Å². The van der Waals surface area contributed by atoms with Crippen molar-refractivity contribution in [3.05, 3.63) is 54.1 Å². The van der Waals surface area contributed by atoms with Gasteiger partial charge in [0, 0.05) is 5.56 Å². The van der Waals surface area contributed by atoms with Gasteiger partial charge in [-0.1, -0.05) is 48.5 Å². The molecular formula is C14H11O2-. The average molecular weight is 211 g/mol. The SMILES string of the molecule is CC(=O)c1ccc(-c2cccc([O-])c2)cc1. The molecule has 2 aromatic rings. The van der Waals surface area contributed by atoms with Crippen molar-refractivity contribution in [3.63, 3.8) is 0 Å². The van der Waals surface area contributed by atoms with Gasteiger partial charge in [-0.05, 0) is 18.1 Å². The summed E-state index contributed by atoms with van der Waals surface area (Å²) < 4.78 is 0. The second-order valence-electron chi connectivity index (χ2n) is 3.66. The summed E-state index contributed by atoms with van der Waals surface area (Å²) in [5.74, 6) is 0.0391. The minimum absolute atomic E-state index is 0.00635. The number of hydrogen-bond acceptors (Lipinski definition) is 2. The van der Waals surface area contributed by atoms with Gasteiger partial charge in [-0.2, -0.15) is 0 Å². The summed E-state index contributed by atoms with van der Waals surface area (Å²) >= 11 is 0. The lowest BCUT2D eigenvalue weighted by atomic mass is 10.0. The van der Waals surface area contributed by atoms with Gasteiger partial charge < -0.3 is 5.11 Å². The molecule has 0 aromatic heterocycles. The van der Waals surface area contributed by atoms with E-state index in [4.69, 9.17) is 0 Å². The highest BCUT2D eigenvalue weighted by molar-refractivity contribution is 5.94. The largest absolute Gasteiger partial charge is 0.872 e. The third-order valence-corrected chi connectivity index (χ3v) is 2.46. The highest BCUT2D eigenvalue weighted by Crippen LogP contribution is 2.22. The van der Waals surface area contributed by atoms with Crippen LogP contribution in [0.15, 0.2) is 48.5 Å². The Hall–Kier alpha value is -2.09. The monoisotopic (exact) mass is 211 g/mol. The molecule has 0 unspecified atom stereocenters. The lowest BCUT2D eigenvalue weighted by molar-refractivity contribution is -0.268. The summed E-state index contributed by atoms with van der Waals surface area (Å²) in [6.07, 6.45) is 0. The fourth-order valence-corrected chi connectivity index (χ4v) is 1.57. The normalized spacial score (nSPS) is 10.1. The molecule has 2 nitrogen and oxygen atoms in total. The van der Waals surface area contributed by atoms with Crippen molar-refractivity contribution < 1.29 is 9.90 Å². The molecule has 16 heavy (non-hydrogen) atoms. The van der Waals surface area contributed by atoms with Gasteiger partial charge in [0.1, 0.15) is 0 Å². The number of ketones is 1. The smallest absolute Gasteiger partial charge is 0.159 e. The molecule has 2 aromatic carbocycles. The maximum absolute atomic E-state index is 11.2. The minimum Gasteiger partial charge on any atom is -0.872 e. The Morgan fingerprint density at radius 3 is 2.25 bits per heavy atom. The van der Waals surface area contributed by atoms with E-state index >= 15 is 0 Å². The molecule has 2 heteroatoms. The fourth-order valence-electron chi connectivity index (χ4n) is 1.57. The summed E-state index contributed by atoms with van der Waals surface area (Å²) in [5, 5.41) is 11.2. The zero-order valence-electron chi connectivity index (χ0n) is 8.94. The van der Waals surface area contributed by atoms with Crippen LogP contribution in [-0.2, 0) is 0 Å². The minimum atomic E-state index is -0.00635. The van der Waals surface area contributed by atoms with Crippen LogP contribution < -0.4 is 5.11 Å². The third-order valence-electron chi connectivity index (χ3n) is 2.46. The quantitative estimate of drug-likeness (QED) is 0.716. The van der Waals surface area contributed by atoms with E-state index in [9.17, 15) is 9.90 Å². The van der Waals surface area contributed by atoms with E-state index < -0.39 is 0 Å². The average Bonchev–Trinajstić information content (AvgIpc) is 2.29. The van der Waals surface area contributed by atoms with E-state index in [0.717, 1.165) is 11.1 Å². The summed E-state index contributed by atoms with van der Waals surface area (Å²) in [7, 11) is 0. The molecule has 0 radical (unpaired) electrons. The van der Waals surface area contributed by atoms with Gasteiger partial charge >= 0.3 is 0 Å². The Labute approximate surface area is 94.2 Å². The Morgan fingerprint density at radius 2 is 1.69 bits per heavy atom. The lowest BCUT2D eigenvalue weighted by Gasteiger charge is -2.08. The van der Waals surface area contributed by atoms with Crippen molar-refractivity contribution in [2.45, 2.75) is 6.92 Å². The fraction of sp³-hybridized carbons (Fsp3) is 0.0714. The number of carbonyl (C=O) groups excluding carboxylic acids is 1. The molecule has 0 saturated heterocycles. The molecule has 80 valence electrons. The lowest BCUT2D eigenvalue weighted by Crippen LogP contribution is -1.91. The Balaban J connectivity index is 2.38. The number of hydrogen-bond donors (Lipinski definition) is 0. The van der Waals surface area contributed by atoms with Gasteiger partial charge in [0.05, 0.1) is 0 Å². The first-order valence-corrected chi connectivity index (χ1v) is 5.05. The van der Waals surface area contributed by atoms with Crippen LogP contribution in [0.1, 0.15) is 17.3 Å². The Bertz CT molecular complexity index is 513. The second kappa shape index (κ2) is 4.19. The van der Waals surface area contributed by atoms with Gasteiger partial charge in [0.15, 0.2) is 5.78 Å². The van der Waals surface area contributed by atoms with E-state index in [1.807, 2.05) is 18.2 Å². The van der Waals surface area contributed by atoms with Gasteiger partial charge in [-0.25, -0.2) is 0 Å². The summed E-state index contributed by atoms with van der Waals surface area (Å²) in [6, 6.07) is 14.0. The van der Waals surface area contributed by atoms with Crippen molar-refractivity contribution in [2.24, 2.45) is 0 Å². The van der Waals surface area contributed by atoms with Crippen molar-refractivity contribution in [2.75, 3.05) is 0 Å². The number of carbonyl (C=O) groups is 1. The molecule has 0 N–H and O–H groups in total. The van der Waals surface area contributed by atoms with Crippen molar-refractivity contribution >= 4 is 5.78 Å². The molecule has 0 fully saturated rings. The Kier molecular flexibility index (Phi) is 2.73. The van der Waals surface area contributed by atoms with Crippen LogP contribution in [0.25, 0.3) is 11.1 Å². The van der Waals surface area contributed by atoms with Crippen LogP contribution >= 0.6 is 0 Å². The summed E-state index contributed by atoms with van der Waals surface area (Å²) in [5.41, 5.74) is 2.51. The number of rotatable bonds is 2. The van der Waals surface area contributed by atoms with Crippen LogP contribution in [0.3, 0.4) is 0 Å². The highest BCUT2D eigenvalue weighted by Gasteiger charge is 2.00. The standard InChI is InChI=1S/C14H12O2/c1-10(15)11-5-7-12(8-6-11)13-3-2-4-14(16)9-13/h2-9,16H,1H3/p-1. The van der Waals surface area contributed by atoms with Gasteiger partial charge in [-0.3, -0.25) is 4.79 Å². The van der Waals surface area contributed by atoms with Crippen molar-refractivity contribution in [1.82, 2.24) is 0 Å². The Morgan fingerprint density at radius 1 is 1.00 bits per heavy atom. The van der Waals surface area contributed by atoms with Crippen LogP contribution in [-0.4, -0.2) is 5.78 Å². The molecule has 0 heterocycles. The van der Waals surface area contributed by atoms with E-state index in [-0.39, 0.29) is 11.5 Å². The van der Waals surface area contributed by atoms with Crippen LogP contribution in [0.4, 0.5) is 0 Å². The van der Waals surface area contributed by atoms with E-state index in [0.29, 0.717) is 5.56 Å². The molecule has 0 atom stereocenters. The zero-order chi connectivity index (χ0) is 11.5. The molecule has 0 saturated carbocycles. The first-order chi connectivity index (χ1) is 7.66. The maximum Gasteiger partial charge on any atom is 0.159 e.